The normalized spacial score (nSPS) is 17.9. The van der Waals surface area contributed by atoms with Gasteiger partial charge in [-0.3, -0.25) is 9.59 Å². The summed E-state index contributed by atoms with van der Waals surface area (Å²) in [7, 11) is 0. The van der Waals surface area contributed by atoms with Gasteiger partial charge in [-0.1, -0.05) is 11.6 Å². The van der Waals surface area contributed by atoms with Crippen LogP contribution in [0.1, 0.15) is 36.0 Å². The Balaban J connectivity index is 2.09. The second-order valence-electron chi connectivity index (χ2n) is 5.62. The standard InChI is InChI=1S/C16H21ClFN3O2/c17-11-4-5-14(18)13(9-11)16(23)21-8-2-1-3-12(21)10-20-15(22)6-7-19/h4-5,9,12H,1-3,6-8,10,19H2,(H,20,22). The average Bonchev–Trinajstić information content (AvgIpc) is 2.55. The van der Waals surface area contributed by atoms with Crippen LogP contribution in [-0.4, -0.2) is 42.4 Å². The Morgan fingerprint density at radius 2 is 2.17 bits per heavy atom. The smallest absolute Gasteiger partial charge is 0.257 e. The molecule has 0 saturated carbocycles. The number of likely N-dealkylation sites (tertiary alicyclic amines) is 1. The van der Waals surface area contributed by atoms with Gasteiger partial charge in [0.2, 0.25) is 5.91 Å². The SMILES string of the molecule is NCCC(=O)NCC1CCCCN1C(=O)c1cc(Cl)ccc1F. The molecule has 126 valence electrons. The number of amides is 2. The van der Waals surface area contributed by atoms with Crippen molar-refractivity contribution in [3.05, 3.63) is 34.6 Å². The fourth-order valence-electron chi connectivity index (χ4n) is 2.75. The number of hydrogen-bond donors (Lipinski definition) is 2. The van der Waals surface area contributed by atoms with Gasteiger partial charge in [0.1, 0.15) is 5.82 Å². The summed E-state index contributed by atoms with van der Waals surface area (Å²) >= 11 is 5.87. The van der Waals surface area contributed by atoms with Crippen LogP contribution in [0.4, 0.5) is 4.39 Å². The highest BCUT2D eigenvalue weighted by atomic mass is 35.5. The highest BCUT2D eigenvalue weighted by molar-refractivity contribution is 6.31. The number of piperidine rings is 1. The first kappa shape index (κ1) is 17.7. The molecule has 1 fully saturated rings. The van der Waals surface area contributed by atoms with E-state index in [4.69, 9.17) is 17.3 Å². The molecule has 0 radical (unpaired) electrons. The number of hydrogen-bond acceptors (Lipinski definition) is 3. The van der Waals surface area contributed by atoms with Crippen LogP contribution in [0.25, 0.3) is 0 Å². The van der Waals surface area contributed by atoms with E-state index in [0.29, 0.717) is 18.1 Å². The van der Waals surface area contributed by atoms with Crippen molar-refractivity contribution in [1.82, 2.24) is 10.2 Å². The first-order valence-corrected chi connectivity index (χ1v) is 8.13. The Labute approximate surface area is 140 Å². The number of nitrogens with zero attached hydrogens (tertiary/aromatic N) is 1. The molecular weight excluding hydrogens is 321 g/mol. The second kappa shape index (κ2) is 8.26. The van der Waals surface area contributed by atoms with Crippen molar-refractivity contribution in [2.75, 3.05) is 19.6 Å². The highest BCUT2D eigenvalue weighted by Crippen LogP contribution is 2.22. The molecule has 1 atom stereocenters. The molecule has 7 heteroatoms. The molecule has 1 aromatic rings. The third-order valence-corrected chi connectivity index (χ3v) is 4.19. The van der Waals surface area contributed by atoms with Crippen molar-refractivity contribution >= 4 is 23.4 Å². The molecule has 1 aliphatic heterocycles. The topological polar surface area (TPSA) is 75.4 Å². The van der Waals surface area contributed by atoms with Crippen molar-refractivity contribution < 1.29 is 14.0 Å². The summed E-state index contributed by atoms with van der Waals surface area (Å²) in [5.74, 6) is -1.11. The summed E-state index contributed by atoms with van der Waals surface area (Å²) in [4.78, 5) is 25.8. The van der Waals surface area contributed by atoms with E-state index in [1.54, 1.807) is 4.90 Å². The molecule has 23 heavy (non-hydrogen) atoms. The molecule has 2 rings (SSSR count). The van der Waals surface area contributed by atoms with Gasteiger partial charge in [0.05, 0.1) is 5.56 Å². The van der Waals surface area contributed by atoms with Gasteiger partial charge in [-0.2, -0.15) is 0 Å². The number of nitrogens with two attached hydrogens (primary N) is 1. The number of halogens is 2. The molecule has 0 bridgehead atoms. The Kier molecular flexibility index (Phi) is 6.36. The number of benzene rings is 1. The van der Waals surface area contributed by atoms with Crippen molar-refractivity contribution in [2.24, 2.45) is 5.73 Å². The molecule has 1 saturated heterocycles. The summed E-state index contributed by atoms with van der Waals surface area (Å²) in [5.41, 5.74) is 5.31. The summed E-state index contributed by atoms with van der Waals surface area (Å²) in [6.45, 7) is 1.18. The van der Waals surface area contributed by atoms with Crippen LogP contribution in [0.2, 0.25) is 5.02 Å². The number of rotatable bonds is 5. The fraction of sp³-hybridized carbons (Fsp3) is 0.500. The van der Waals surface area contributed by atoms with Crippen LogP contribution in [0, 0.1) is 5.82 Å². The van der Waals surface area contributed by atoms with Gasteiger partial charge in [0.15, 0.2) is 0 Å². The fourth-order valence-corrected chi connectivity index (χ4v) is 2.92. The molecule has 1 heterocycles. The highest BCUT2D eigenvalue weighted by Gasteiger charge is 2.29. The van der Waals surface area contributed by atoms with E-state index < -0.39 is 5.82 Å². The third kappa shape index (κ3) is 4.65. The molecule has 2 amide bonds. The van der Waals surface area contributed by atoms with Crippen LogP contribution in [-0.2, 0) is 4.79 Å². The quantitative estimate of drug-likeness (QED) is 0.859. The van der Waals surface area contributed by atoms with Crippen molar-refractivity contribution in [2.45, 2.75) is 31.7 Å². The molecule has 1 aliphatic rings. The molecular formula is C16H21ClFN3O2. The van der Waals surface area contributed by atoms with E-state index in [-0.39, 0.29) is 36.4 Å². The van der Waals surface area contributed by atoms with Crippen LogP contribution >= 0.6 is 11.6 Å². The molecule has 1 unspecified atom stereocenters. The van der Waals surface area contributed by atoms with E-state index in [2.05, 4.69) is 5.32 Å². The Bertz CT molecular complexity index is 582. The van der Waals surface area contributed by atoms with Crippen LogP contribution in [0.3, 0.4) is 0 Å². The van der Waals surface area contributed by atoms with Crippen LogP contribution in [0.5, 0.6) is 0 Å². The van der Waals surface area contributed by atoms with E-state index in [1.165, 1.54) is 18.2 Å². The lowest BCUT2D eigenvalue weighted by Crippen LogP contribution is -2.49. The first-order chi connectivity index (χ1) is 11.0. The van der Waals surface area contributed by atoms with E-state index >= 15 is 0 Å². The first-order valence-electron chi connectivity index (χ1n) is 7.75. The van der Waals surface area contributed by atoms with Gasteiger partial charge in [0, 0.05) is 37.1 Å². The van der Waals surface area contributed by atoms with Gasteiger partial charge >= 0.3 is 0 Å². The van der Waals surface area contributed by atoms with Crippen molar-refractivity contribution in [3.8, 4) is 0 Å². The van der Waals surface area contributed by atoms with E-state index in [9.17, 15) is 14.0 Å². The van der Waals surface area contributed by atoms with E-state index in [1.807, 2.05) is 0 Å². The van der Waals surface area contributed by atoms with Crippen LogP contribution < -0.4 is 11.1 Å². The number of carbonyl (C=O) groups is 2. The van der Waals surface area contributed by atoms with Gasteiger partial charge in [-0.15, -0.1) is 0 Å². The lowest BCUT2D eigenvalue weighted by Gasteiger charge is -2.36. The monoisotopic (exact) mass is 341 g/mol. The molecule has 0 spiro atoms. The van der Waals surface area contributed by atoms with E-state index in [0.717, 1.165) is 19.3 Å². The van der Waals surface area contributed by atoms with Gasteiger partial charge in [-0.05, 0) is 37.5 Å². The van der Waals surface area contributed by atoms with Crippen molar-refractivity contribution in [3.63, 3.8) is 0 Å². The lowest BCUT2D eigenvalue weighted by atomic mass is 10.0. The summed E-state index contributed by atoms with van der Waals surface area (Å²) in [5, 5.41) is 3.10. The zero-order chi connectivity index (χ0) is 16.8. The Hall–Kier alpha value is -1.66. The molecule has 0 aromatic heterocycles. The minimum Gasteiger partial charge on any atom is -0.354 e. The summed E-state index contributed by atoms with van der Waals surface area (Å²) in [6, 6.07) is 3.81. The zero-order valence-electron chi connectivity index (χ0n) is 12.9. The lowest BCUT2D eigenvalue weighted by molar-refractivity contribution is -0.121. The third-order valence-electron chi connectivity index (χ3n) is 3.95. The predicted molar refractivity (Wildman–Crippen MR) is 86.8 cm³/mol. The van der Waals surface area contributed by atoms with Crippen LogP contribution in [0.15, 0.2) is 18.2 Å². The maximum absolute atomic E-state index is 13.9. The molecule has 3 N–H and O–H groups in total. The second-order valence-corrected chi connectivity index (χ2v) is 6.05. The summed E-state index contributed by atoms with van der Waals surface area (Å²) in [6.07, 6.45) is 2.86. The number of carbonyl (C=O) groups excluding carboxylic acids is 2. The molecule has 5 nitrogen and oxygen atoms in total. The Morgan fingerprint density at radius 3 is 2.91 bits per heavy atom. The maximum Gasteiger partial charge on any atom is 0.257 e. The minimum absolute atomic E-state index is 0.0299. The zero-order valence-corrected chi connectivity index (χ0v) is 13.6. The molecule has 0 aliphatic carbocycles. The minimum atomic E-state index is -0.587. The van der Waals surface area contributed by atoms with Gasteiger partial charge < -0.3 is 16.0 Å². The Morgan fingerprint density at radius 1 is 1.39 bits per heavy atom. The van der Waals surface area contributed by atoms with Gasteiger partial charge in [0.25, 0.3) is 5.91 Å². The molecule has 1 aromatic carbocycles. The number of nitrogens with one attached hydrogen (secondary N) is 1. The maximum atomic E-state index is 13.9. The van der Waals surface area contributed by atoms with Gasteiger partial charge in [-0.25, -0.2) is 4.39 Å². The largest absolute Gasteiger partial charge is 0.354 e. The predicted octanol–water partition coefficient (Wildman–Crippen LogP) is 1.94. The summed E-state index contributed by atoms with van der Waals surface area (Å²) < 4.78 is 13.9. The average molecular weight is 342 g/mol. The van der Waals surface area contributed by atoms with Crippen molar-refractivity contribution in [1.29, 1.82) is 0 Å².